The van der Waals surface area contributed by atoms with Crippen LogP contribution in [0.1, 0.15) is 16.7 Å². The van der Waals surface area contributed by atoms with Gasteiger partial charge in [0.15, 0.2) is 4.75 Å². The van der Waals surface area contributed by atoms with Crippen LogP contribution in [0.15, 0.2) is 54.6 Å². The quantitative estimate of drug-likeness (QED) is 0.239. The lowest BCUT2D eigenvalue weighted by molar-refractivity contribution is 0.455. The average molecular weight is 494 g/mol. The number of phenolic OH excluding ortho intramolecular Hbond substituents is 2. The Morgan fingerprint density at radius 2 is 1.41 bits per heavy atom. The standard InChI is InChI=1S/C19H12Cl4O5S/c20-12-6-4-10(5-7-12)19(29(26,27)28,11-2-1-3-13(24)8-11)16-14(21)9-15(25)17(22)18(16)23/h1-9,24-25H,(H,26,27,28). The minimum absolute atomic E-state index is 0.0283. The zero-order valence-corrected chi connectivity index (χ0v) is 18.1. The molecular weight excluding hydrogens is 482 g/mol. The zero-order valence-electron chi connectivity index (χ0n) is 14.3. The molecule has 0 aliphatic rings. The molecule has 1 unspecified atom stereocenters. The first kappa shape index (κ1) is 22.0. The molecule has 0 saturated heterocycles. The maximum absolute atomic E-state index is 13.0. The van der Waals surface area contributed by atoms with Gasteiger partial charge in [0, 0.05) is 16.7 Å². The van der Waals surface area contributed by atoms with Crippen LogP contribution in [0.2, 0.25) is 20.1 Å². The molecule has 10 heteroatoms. The maximum atomic E-state index is 13.0. The summed E-state index contributed by atoms with van der Waals surface area (Å²) in [6, 6.07) is 11.8. The van der Waals surface area contributed by atoms with E-state index in [1.165, 1.54) is 42.5 Å². The third kappa shape index (κ3) is 3.65. The van der Waals surface area contributed by atoms with Gasteiger partial charge in [-0.1, -0.05) is 70.7 Å². The van der Waals surface area contributed by atoms with Crippen LogP contribution >= 0.6 is 46.4 Å². The van der Waals surface area contributed by atoms with Crippen molar-refractivity contribution in [3.8, 4) is 11.5 Å². The highest BCUT2D eigenvalue weighted by atomic mass is 35.5. The summed E-state index contributed by atoms with van der Waals surface area (Å²) in [7, 11) is -5.05. The first-order valence-electron chi connectivity index (χ1n) is 7.89. The van der Waals surface area contributed by atoms with Crippen LogP contribution in [0.4, 0.5) is 0 Å². The van der Waals surface area contributed by atoms with Crippen molar-refractivity contribution in [1.29, 1.82) is 0 Å². The lowest BCUT2D eigenvalue weighted by atomic mass is 9.83. The van der Waals surface area contributed by atoms with Crippen molar-refractivity contribution in [2.24, 2.45) is 0 Å². The molecule has 1 atom stereocenters. The van der Waals surface area contributed by atoms with E-state index in [0.717, 1.165) is 12.1 Å². The molecule has 0 aliphatic carbocycles. The molecule has 0 radical (unpaired) electrons. The number of aromatic hydroxyl groups is 2. The largest absolute Gasteiger partial charge is 0.508 e. The second-order valence-corrected chi connectivity index (χ2v) is 9.26. The van der Waals surface area contributed by atoms with Crippen molar-refractivity contribution in [2.45, 2.75) is 4.75 Å². The Labute approximate surface area is 186 Å². The summed E-state index contributed by atoms with van der Waals surface area (Å²) in [6.45, 7) is 0. The molecule has 152 valence electrons. The van der Waals surface area contributed by atoms with E-state index >= 15 is 0 Å². The van der Waals surface area contributed by atoms with Gasteiger partial charge < -0.3 is 10.2 Å². The predicted molar refractivity (Wildman–Crippen MR) is 114 cm³/mol. The van der Waals surface area contributed by atoms with E-state index in [1.807, 2.05) is 0 Å². The van der Waals surface area contributed by atoms with Gasteiger partial charge in [-0.15, -0.1) is 0 Å². The Bertz CT molecular complexity index is 1200. The summed E-state index contributed by atoms with van der Waals surface area (Å²) in [6.07, 6.45) is 0. The van der Waals surface area contributed by atoms with E-state index < -0.39 is 20.6 Å². The van der Waals surface area contributed by atoms with Crippen molar-refractivity contribution in [3.63, 3.8) is 0 Å². The predicted octanol–water partition coefficient (Wildman–Crippen LogP) is 5.89. The zero-order chi connectivity index (χ0) is 21.6. The third-order valence-electron chi connectivity index (χ3n) is 4.38. The molecule has 3 rings (SSSR count). The number of halogens is 4. The van der Waals surface area contributed by atoms with Crippen LogP contribution in [-0.2, 0) is 14.9 Å². The number of hydrogen-bond donors (Lipinski definition) is 3. The molecule has 0 aromatic heterocycles. The summed E-state index contributed by atoms with van der Waals surface area (Å²) < 4.78 is 34.0. The van der Waals surface area contributed by atoms with Crippen LogP contribution < -0.4 is 0 Å². The molecular formula is C19H12Cl4O5S. The van der Waals surface area contributed by atoms with Gasteiger partial charge in [-0.25, -0.2) is 0 Å². The van der Waals surface area contributed by atoms with Gasteiger partial charge in [0.1, 0.15) is 16.5 Å². The van der Waals surface area contributed by atoms with Crippen LogP contribution in [0.3, 0.4) is 0 Å². The summed E-state index contributed by atoms with van der Waals surface area (Å²) >= 11 is 24.6. The van der Waals surface area contributed by atoms with E-state index in [-0.39, 0.29) is 37.5 Å². The molecule has 3 N–H and O–H groups in total. The molecule has 3 aromatic rings. The summed E-state index contributed by atoms with van der Waals surface area (Å²) in [4.78, 5) is 0. The van der Waals surface area contributed by atoms with Gasteiger partial charge in [-0.3, -0.25) is 4.55 Å². The SMILES string of the molecule is O=S(=O)(O)C(c1ccc(Cl)cc1)(c1cccc(O)c1)c1c(Cl)cc(O)c(Cl)c1Cl. The minimum atomic E-state index is -5.05. The molecule has 0 aliphatic heterocycles. The van der Waals surface area contributed by atoms with Crippen LogP contribution in [0.25, 0.3) is 0 Å². The fraction of sp³-hybridized carbons (Fsp3) is 0.0526. The maximum Gasteiger partial charge on any atom is 0.283 e. The van der Waals surface area contributed by atoms with Gasteiger partial charge in [0.05, 0.1) is 10.0 Å². The van der Waals surface area contributed by atoms with Crippen molar-refractivity contribution in [2.75, 3.05) is 0 Å². The molecule has 29 heavy (non-hydrogen) atoms. The Hall–Kier alpha value is -1.67. The lowest BCUT2D eigenvalue weighted by Gasteiger charge is -2.34. The molecule has 3 aromatic carbocycles. The second kappa shape index (κ2) is 7.87. The van der Waals surface area contributed by atoms with Gasteiger partial charge >= 0.3 is 0 Å². The van der Waals surface area contributed by atoms with Crippen molar-refractivity contribution in [1.82, 2.24) is 0 Å². The molecule has 0 fully saturated rings. The van der Waals surface area contributed by atoms with Crippen molar-refractivity contribution in [3.05, 3.63) is 91.4 Å². The fourth-order valence-electron chi connectivity index (χ4n) is 3.20. The summed E-state index contributed by atoms with van der Waals surface area (Å²) in [5.74, 6) is -0.733. The Balaban J connectivity index is 2.62. The van der Waals surface area contributed by atoms with Crippen molar-refractivity contribution < 1.29 is 23.2 Å². The third-order valence-corrected chi connectivity index (χ3v) is 7.24. The molecule has 0 saturated carbocycles. The minimum Gasteiger partial charge on any atom is -0.508 e. The normalized spacial score (nSPS) is 13.8. The van der Waals surface area contributed by atoms with Gasteiger partial charge in [0.25, 0.3) is 10.1 Å². The summed E-state index contributed by atoms with van der Waals surface area (Å²) in [5.41, 5.74) is -0.326. The first-order chi connectivity index (χ1) is 13.5. The van der Waals surface area contributed by atoms with E-state index in [1.54, 1.807) is 0 Å². The fourth-order valence-corrected chi connectivity index (χ4v) is 5.64. The van der Waals surface area contributed by atoms with Gasteiger partial charge in [-0.2, -0.15) is 8.42 Å². The molecule has 0 heterocycles. The van der Waals surface area contributed by atoms with E-state index in [9.17, 15) is 23.2 Å². The first-order valence-corrected chi connectivity index (χ1v) is 10.8. The molecule has 0 spiro atoms. The van der Waals surface area contributed by atoms with Crippen LogP contribution in [0.5, 0.6) is 11.5 Å². The highest BCUT2D eigenvalue weighted by Crippen LogP contribution is 2.52. The van der Waals surface area contributed by atoms with Gasteiger partial charge in [-0.05, 0) is 35.4 Å². The highest BCUT2D eigenvalue weighted by molar-refractivity contribution is 7.87. The number of phenols is 2. The number of rotatable bonds is 4. The number of benzene rings is 3. The Kier molecular flexibility index (Phi) is 5.98. The van der Waals surface area contributed by atoms with Gasteiger partial charge in [0.2, 0.25) is 0 Å². The average Bonchev–Trinajstić information content (AvgIpc) is 2.63. The van der Waals surface area contributed by atoms with E-state index in [4.69, 9.17) is 46.4 Å². The Morgan fingerprint density at radius 1 is 0.793 bits per heavy atom. The Morgan fingerprint density at radius 3 is 1.97 bits per heavy atom. The number of hydrogen-bond acceptors (Lipinski definition) is 4. The van der Waals surface area contributed by atoms with Crippen LogP contribution in [-0.4, -0.2) is 23.2 Å². The summed E-state index contributed by atoms with van der Waals surface area (Å²) in [5, 5.41) is 19.2. The molecule has 0 bridgehead atoms. The highest BCUT2D eigenvalue weighted by Gasteiger charge is 2.51. The second-order valence-electron chi connectivity index (χ2n) is 6.09. The molecule has 0 amide bonds. The van der Waals surface area contributed by atoms with Crippen molar-refractivity contribution >= 4 is 56.5 Å². The lowest BCUT2D eigenvalue weighted by Crippen LogP contribution is -2.39. The topological polar surface area (TPSA) is 94.8 Å². The van der Waals surface area contributed by atoms with Crippen LogP contribution in [0, 0.1) is 0 Å². The monoisotopic (exact) mass is 492 g/mol. The van der Waals surface area contributed by atoms with E-state index in [0.29, 0.717) is 5.02 Å². The van der Waals surface area contributed by atoms with E-state index in [2.05, 4.69) is 0 Å². The smallest absolute Gasteiger partial charge is 0.283 e. The molecule has 5 nitrogen and oxygen atoms in total.